The highest BCUT2D eigenvalue weighted by Crippen LogP contribution is 2.31. The first-order valence-corrected chi connectivity index (χ1v) is 9.41. The summed E-state index contributed by atoms with van der Waals surface area (Å²) in [7, 11) is 0. The third-order valence-corrected chi connectivity index (χ3v) is 5.38. The number of rotatable bonds is 6. The maximum absolute atomic E-state index is 11.9. The number of hydrogen-bond acceptors (Lipinski definition) is 6. The molecule has 0 aliphatic carbocycles. The fourth-order valence-corrected chi connectivity index (χ4v) is 4.05. The average Bonchev–Trinajstić information content (AvgIpc) is 3.00. The standard InChI is InChI=1S/C18H16N2O3S2/c1-12(21)19-14-7-8-15-16(9-14)25-18(20-15)24-11-17(22)23-10-13-5-3-2-4-6-13/h2-9H,10-11H2,1H3,(H,19,21). The van der Waals surface area contributed by atoms with Crippen LogP contribution in [0, 0.1) is 0 Å². The Balaban J connectivity index is 1.55. The molecule has 7 heteroatoms. The number of nitrogens with zero attached hydrogens (tertiary/aromatic N) is 1. The van der Waals surface area contributed by atoms with E-state index in [1.807, 2.05) is 48.5 Å². The Hall–Kier alpha value is -2.38. The van der Waals surface area contributed by atoms with E-state index < -0.39 is 0 Å². The second kappa shape index (κ2) is 8.13. The third kappa shape index (κ3) is 5.04. The van der Waals surface area contributed by atoms with Gasteiger partial charge in [0.25, 0.3) is 0 Å². The summed E-state index contributed by atoms with van der Waals surface area (Å²) in [6.45, 7) is 1.75. The van der Waals surface area contributed by atoms with Gasteiger partial charge in [-0.2, -0.15) is 0 Å². The molecule has 1 heterocycles. The van der Waals surface area contributed by atoms with Gasteiger partial charge in [-0.1, -0.05) is 42.1 Å². The molecule has 0 saturated heterocycles. The van der Waals surface area contributed by atoms with Crippen molar-refractivity contribution in [1.29, 1.82) is 0 Å². The van der Waals surface area contributed by atoms with Crippen LogP contribution in [0.5, 0.6) is 0 Å². The number of ether oxygens (including phenoxy) is 1. The Morgan fingerprint density at radius 2 is 2.00 bits per heavy atom. The van der Waals surface area contributed by atoms with Crippen molar-refractivity contribution < 1.29 is 14.3 Å². The fraction of sp³-hybridized carbons (Fsp3) is 0.167. The van der Waals surface area contributed by atoms with Crippen LogP contribution in [0.2, 0.25) is 0 Å². The lowest BCUT2D eigenvalue weighted by Gasteiger charge is -2.03. The number of fused-ring (bicyclic) bond motifs is 1. The SMILES string of the molecule is CC(=O)Nc1ccc2nc(SCC(=O)OCc3ccccc3)sc2c1. The smallest absolute Gasteiger partial charge is 0.316 e. The molecule has 0 saturated carbocycles. The Morgan fingerprint density at radius 1 is 1.20 bits per heavy atom. The Kier molecular flexibility index (Phi) is 5.67. The molecule has 0 aliphatic rings. The van der Waals surface area contributed by atoms with Crippen LogP contribution in [-0.2, 0) is 20.9 Å². The molecule has 2 aromatic carbocycles. The van der Waals surface area contributed by atoms with Gasteiger partial charge < -0.3 is 10.1 Å². The molecule has 0 spiro atoms. The molecule has 0 fully saturated rings. The van der Waals surface area contributed by atoms with Crippen molar-refractivity contribution >= 4 is 50.9 Å². The Morgan fingerprint density at radius 3 is 2.76 bits per heavy atom. The van der Waals surface area contributed by atoms with Crippen molar-refractivity contribution in [2.24, 2.45) is 0 Å². The minimum atomic E-state index is -0.271. The predicted octanol–water partition coefficient (Wildman–Crippen LogP) is 4.09. The lowest BCUT2D eigenvalue weighted by molar-refractivity contribution is -0.141. The van der Waals surface area contributed by atoms with E-state index in [1.54, 1.807) is 0 Å². The molecule has 0 bridgehead atoms. The van der Waals surface area contributed by atoms with Crippen LogP contribution in [0.25, 0.3) is 10.2 Å². The van der Waals surface area contributed by atoms with Crippen molar-refractivity contribution in [3.63, 3.8) is 0 Å². The second-order valence-corrected chi connectivity index (χ2v) is 7.53. The molecule has 1 amide bonds. The highest BCUT2D eigenvalue weighted by atomic mass is 32.2. The number of thiazole rings is 1. The van der Waals surface area contributed by atoms with Gasteiger partial charge in [-0.05, 0) is 23.8 Å². The van der Waals surface area contributed by atoms with Crippen molar-refractivity contribution in [1.82, 2.24) is 4.98 Å². The Labute approximate surface area is 153 Å². The van der Waals surface area contributed by atoms with E-state index in [2.05, 4.69) is 10.3 Å². The van der Waals surface area contributed by atoms with Gasteiger partial charge in [-0.25, -0.2) is 4.98 Å². The molecule has 0 aliphatic heterocycles. The quantitative estimate of drug-likeness (QED) is 0.521. The first-order valence-electron chi connectivity index (χ1n) is 7.61. The van der Waals surface area contributed by atoms with Gasteiger partial charge in [-0.3, -0.25) is 9.59 Å². The first-order chi connectivity index (χ1) is 12.1. The van der Waals surface area contributed by atoms with E-state index in [0.717, 1.165) is 25.8 Å². The van der Waals surface area contributed by atoms with E-state index >= 15 is 0 Å². The van der Waals surface area contributed by atoms with Gasteiger partial charge >= 0.3 is 5.97 Å². The Bertz CT molecular complexity index is 894. The summed E-state index contributed by atoms with van der Waals surface area (Å²) in [5.41, 5.74) is 2.55. The third-order valence-electron chi connectivity index (χ3n) is 3.25. The van der Waals surface area contributed by atoms with Crippen LogP contribution in [0.4, 0.5) is 5.69 Å². The molecular weight excluding hydrogens is 356 g/mol. The number of anilines is 1. The summed E-state index contributed by atoms with van der Waals surface area (Å²) in [4.78, 5) is 27.5. The maximum Gasteiger partial charge on any atom is 0.316 e. The molecule has 25 heavy (non-hydrogen) atoms. The number of benzene rings is 2. The summed E-state index contributed by atoms with van der Waals surface area (Å²) in [5.74, 6) is -0.169. The van der Waals surface area contributed by atoms with Gasteiger partial charge in [0.15, 0.2) is 4.34 Å². The van der Waals surface area contributed by atoms with Crippen LogP contribution in [-0.4, -0.2) is 22.6 Å². The normalized spacial score (nSPS) is 10.6. The lowest BCUT2D eigenvalue weighted by atomic mass is 10.2. The van der Waals surface area contributed by atoms with Crippen molar-refractivity contribution in [2.75, 3.05) is 11.1 Å². The van der Waals surface area contributed by atoms with Crippen LogP contribution in [0.1, 0.15) is 12.5 Å². The highest BCUT2D eigenvalue weighted by molar-refractivity contribution is 8.01. The topological polar surface area (TPSA) is 68.3 Å². The molecule has 0 radical (unpaired) electrons. The molecule has 3 rings (SSSR count). The molecule has 128 valence electrons. The average molecular weight is 372 g/mol. The van der Waals surface area contributed by atoms with E-state index in [9.17, 15) is 9.59 Å². The van der Waals surface area contributed by atoms with Crippen molar-refractivity contribution in [3.05, 3.63) is 54.1 Å². The lowest BCUT2D eigenvalue weighted by Crippen LogP contribution is -2.07. The number of aromatic nitrogens is 1. The fourth-order valence-electron chi connectivity index (χ4n) is 2.15. The zero-order valence-electron chi connectivity index (χ0n) is 13.5. The number of hydrogen-bond donors (Lipinski definition) is 1. The van der Waals surface area contributed by atoms with Crippen LogP contribution in [0.15, 0.2) is 52.9 Å². The minimum absolute atomic E-state index is 0.111. The maximum atomic E-state index is 11.9. The zero-order chi connectivity index (χ0) is 17.6. The van der Waals surface area contributed by atoms with Gasteiger partial charge in [0.1, 0.15) is 6.61 Å². The number of thioether (sulfide) groups is 1. The second-order valence-electron chi connectivity index (χ2n) is 5.28. The van der Waals surface area contributed by atoms with Gasteiger partial charge in [0, 0.05) is 12.6 Å². The molecule has 0 atom stereocenters. The van der Waals surface area contributed by atoms with E-state index in [1.165, 1.54) is 30.0 Å². The molecule has 5 nitrogen and oxygen atoms in total. The van der Waals surface area contributed by atoms with Gasteiger partial charge in [-0.15, -0.1) is 11.3 Å². The summed E-state index contributed by atoms with van der Waals surface area (Å²) < 4.78 is 7.02. The number of carbonyl (C=O) groups is 2. The molecular formula is C18H16N2O3S2. The summed E-state index contributed by atoms with van der Waals surface area (Å²) >= 11 is 2.84. The van der Waals surface area contributed by atoms with E-state index in [4.69, 9.17) is 4.74 Å². The number of carbonyl (C=O) groups excluding carboxylic acids is 2. The van der Waals surface area contributed by atoms with E-state index in [0.29, 0.717) is 0 Å². The largest absolute Gasteiger partial charge is 0.460 e. The van der Waals surface area contributed by atoms with Crippen molar-refractivity contribution in [2.45, 2.75) is 17.9 Å². The predicted molar refractivity (Wildman–Crippen MR) is 101 cm³/mol. The zero-order valence-corrected chi connectivity index (χ0v) is 15.2. The molecule has 1 aromatic heterocycles. The highest BCUT2D eigenvalue weighted by Gasteiger charge is 2.10. The number of nitrogens with one attached hydrogen (secondary N) is 1. The summed E-state index contributed by atoms with van der Waals surface area (Å²) in [5, 5.41) is 2.75. The minimum Gasteiger partial charge on any atom is -0.460 e. The van der Waals surface area contributed by atoms with Gasteiger partial charge in [0.2, 0.25) is 5.91 Å². The molecule has 0 unspecified atom stereocenters. The van der Waals surface area contributed by atoms with Gasteiger partial charge in [0.05, 0.1) is 16.0 Å². The number of amides is 1. The van der Waals surface area contributed by atoms with Crippen molar-refractivity contribution in [3.8, 4) is 0 Å². The monoisotopic (exact) mass is 372 g/mol. The van der Waals surface area contributed by atoms with Crippen LogP contribution >= 0.6 is 23.1 Å². The van der Waals surface area contributed by atoms with E-state index in [-0.39, 0.29) is 24.2 Å². The molecule has 3 aromatic rings. The summed E-state index contributed by atoms with van der Waals surface area (Å²) in [6.07, 6.45) is 0. The van der Waals surface area contributed by atoms with Crippen LogP contribution in [0.3, 0.4) is 0 Å². The summed E-state index contributed by atoms with van der Waals surface area (Å²) in [6, 6.07) is 15.1. The number of esters is 1. The van der Waals surface area contributed by atoms with Crippen LogP contribution < -0.4 is 5.32 Å². The first kappa shape index (κ1) is 17.4. The molecule has 1 N–H and O–H groups in total.